The van der Waals surface area contributed by atoms with E-state index in [0.717, 1.165) is 49.8 Å². The Hall–Kier alpha value is -1.27. The normalized spacial score (nSPS) is 36.9. The lowest BCUT2D eigenvalue weighted by molar-refractivity contribution is -0.142. The Morgan fingerprint density at radius 1 is 1.25 bits per heavy atom. The molecular weight excluding hydrogens is 610 g/mol. The molecule has 0 amide bonds. The fraction of sp³-hybridized carbons (Fsp3) is 0.844. The minimum atomic E-state index is -2.52. The molecule has 246 valence electrons. The van der Waals surface area contributed by atoms with E-state index in [0.29, 0.717) is 43.6 Å². The number of thioether (sulfide) groups is 1. The van der Waals surface area contributed by atoms with Gasteiger partial charge >= 0.3 is 5.97 Å². The first kappa shape index (κ1) is 32.7. The number of fused-ring (bicyclic) bond motifs is 2. The van der Waals surface area contributed by atoms with Gasteiger partial charge in [0.15, 0.2) is 0 Å². The highest BCUT2D eigenvalue weighted by molar-refractivity contribution is 8.00. The first-order valence-corrected chi connectivity index (χ1v) is 17.9. The van der Waals surface area contributed by atoms with Gasteiger partial charge in [0.25, 0.3) is 5.56 Å². The van der Waals surface area contributed by atoms with E-state index in [1.54, 1.807) is 16.3 Å². The number of aryl methyl sites for hydroxylation is 2. The number of nitrogens with one attached hydrogen (secondary N) is 1. The molecule has 12 heteroatoms. The van der Waals surface area contributed by atoms with E-state index in [2.05, 4.69) is 17.1 Å². The van der Waals surface area contributed by atoms with Gasteiger partial charge in [-0.25, -0.2) is 13.8 Å². The van der Waals surface area contributed by atoms with E-state index in [9.17, 15) is 23.5 Å². The summed E-state index contributed by atoms with van der Waals surface area (Å²) in [6.45, 7) is 5.48. The van der Waals surface area contributed by atoms with Crippen molar-refractivity contribution in [1.29, 1.82) is 0 Å². The molecule has 9 atom stereocenters. The van der Waals surface area contributed by atoms with E-state index in [4.69, 9.17) is 21.3 Å². The Kier molecular flexibility index (Phi) is 9.72. The van der Waals surface area contributed by atoms with Crippen molar-refractivity contribution < 1.29 is 23.4 Å². The summed E-state index contributed by atoms with van der Waals surface area (Å²) < 4.78 is 35.1. The number of ether oxygens (including phenoxy) is 1. The Morgan fingerprint density at radius 2 is 2.02 bits per heavy atom. The number of hydrogen-bond acceptors (Lipinski definition) is 7. The molecule has 0 spiro atoms. The van der Waals surface area contributed by atoms with Crippen molar-refractivity contribution in [3.8, 4) is 0 Å². The minimum Gasteiger partial charge on any atom is -0.481 e. The fourth-order valence-electron chi connectivity index (χ4n) is 8.83. The van der Waals surface area contributed by atoms with Gasteiger partial charge in [0.2, 0.25) is 5.92 Å². The number of piperidine rings is 1. The largest absolute Gasteiger partial charge is 0.481 e. The topological polar surface area (TPSA) is 96.7 Å². The summed E-state index contributed by atoms with van der Waals surface area (Å²) in [6.07, 6.45) is 5.70. The maximum atomic E-state index is 13.7. The molecule has 2 saturated heterocycles. The highest BCUT2D eigenvalue weighted by Crippen LogP contribution is 2.48. The predicted molar refractivity (Wildman–Crippen MR) is 168 cm³/mol. The third-order valence-electron chi connectivity index (χ3n) is 11.1. The van der Waals surface area contributed by atoms with Crippen molar-refractivity contribution in [3.05, 3.63) is 27.4 Å². The highest BCUT2D eigenvalue weighted by Gasteiger charge is 2.52. The van der Waals surface area contributed by atoms with Gasteiger partial charge in [-0.1, -0.05) is 0 Å². The second-order valence-corrected chi connectivity index (χ2v) is 16.1. The molecule has 4 fully saturated rings. The molecule has 2 aliphatic heterocycles. The van der Waals surface area contributed by atoms with Crippen molar-refractivity contribution >= 4 is 29.3 Å². The minimum absolute atomic E-state index is 0.0116. The van der Waals surface area contributed by atoms with Crippen molar-refractivity contribution in [2.75, 3.05) is 26.0 Å². The standard InChI is InChI=1S/C32H47ClF2N4O4S/c1-17-10-23(29-28(36-17)25(16-44-29)31(41)42)22-11-20(33)4-7-27(22)43-9-8-39-18(2)37-26-6-5-21(12-24(26)30(39)40)38(3)15-19-13-32(34,35)14-19/h17,19-23,25,27-29,36H,4-16H2,1-3H3,(H,41,42)/t17?,20?,21-,22?,23?,25?,27?,28?,29?/m1/s1. The van der Waals surface area contributed by atoms with Crippen molar-refractivity contribution in [2.24, 2.45) is 23.7 Å². The quantitative estimate of drug-likeness (QED) is 0.379. The molecule has 2 N–H and O–H groups in total. The lowest BCUT2D eigenvalue weighted by Crippen LogP contribution is -2.57. The first-order chi connectivity index (χ1) is 20.9. The molecule has 5 aliphatic rings. The molecule has 8 unspecified atom stereocenters. The maximum absolute atomic E-state index is 13.7. The molecule has 1 aromatic heterocycles. The van der Waals surface area contributed by atoms with Crippen molar-refractivity contribution in [3.63, 3.8) is 0 Å². The van der Waals surface area contributed by atoms with Crippen molar-refractivity contribution in [1.82, 2.24) is 19.8 Å². The molecule has 0 aromatic carbocycles. The van der Waals surface area contributed by atoms with Gasteiger partial charge in [0.05, 0.1) is 30.9 Å². The monoisotopic (exact) mass is 656 g/mol. The first-order valence-electron chi connectivity index (χ1n) is 16.4. The zero-order chi connectivity index (χ0) is 31.3. The molecule has 0 bridgehead atoms. The molecule has 0 radical (unpaired) electrons. The zero-order valence-corrected chi connectivity index (χ0v) is 27.6. The van der Waals surface area contributed by atoms with Crippen LogP contribution in [0.25, 0.3) is 0 Å². The maximum Gasteiger partial charge on any atom is 0.308 e. The molecule has 6 rings (SSSR count). The molecule has 8 nitrogen and oxygen atoms in total. The third-order valence-corrected chi connectivity index (χ3v) is 13.1. The Morgan fingerprint density at radius 3 is 2.75 bits per heavy atom. The molecular formula is C32H47ClF2N4O4S. The van der Waals surface area contributed by atoms with Crippen LogP contribution in [-0.2, 0) is 28.9 Å². The van der Waals surface area contributed by atoms with Gasteiger partial charge < -0.3 is 20.1 Å². The fourth-order valence-corrected chi connectivity index (χ4v) is 11.0. The average Bonchev–Trinajstić information content (AvgIpc) is 3.38. The highest BCUT2D eigenvalue weighted by atomic mass is 35.5. The number of hydrogen-bond donors (Lipinski definition) is 2. The van der Waals surface area contributed by atoms with Crippen LogP contribution < -0.4 is 10.9 Å². The predicted octanol–water partition coefficient (Wildman–Crippen LogP) is 4.36. The van der Waals surface area contributed by atoms with E-state index < -0.39 is 11.9 Å². The summed E-state index contributed by atoms with van der Waals surface area (Å²) in [7, 11) is 1.99. The van der Waals surface area contributed by atoms with Gasteiger partial charge in [0, 0.05) is 59.5 Å². The van der Waals surface area contributed by atoms with Crippen LogP contribution in [0.2, 0.25) is 0 Å². The zero-order valence-electron chi connectivity index (χ0n) is 26.0. The summed E-state index contributed by atoms with van der Waals surface area (Å²) in [5.41, 5.74) is 1.61. The Balaban J connectivity index is 1.11. The molecule has 44 heavy (non-hydrogen) atoms. The lowest BCUT2D eigenvalue weighted by Gasteiger charge is -2.47. The lowest BCUT2D eigenvalue weighted by atomic mass is 9.70. The number of aromatic nitrogens is 2. The van der Waals surface area contributed by atoms with Gasteiger partial charge in [-0.2, -0.15) is 11.8 Å². The summed E-state index contributed by atoms with van der Waals surface area (Å²) in [5.74, 6) is -1.70. The van der Waals surface area contributed by atoms with Crippen LogP contribution in [-0.4, -0.2) is 92.3 Å². The molecule has 3 aliphatic carbocycles. The summed E-state index contributed by atoms with van der Waals surface area (Å²) in [5, 5.41) is 13.7. The number of alkyl halides is 3. The number of carboxylic acid groups (broad SMARTS) is 1. The number of nitrogens with zero attached hydrogens (tertiary/aromatic N) is 3. The van der Waals surface area contributed by atoms with Crippen molar-refractivity contribution in [2.45, 2.75) is 119 Å². The Bertz CT molecular complexity index is 1280. The van der Waals surface area contributed by atoms with Crippen LogP contribution in [0.3, 0.4) is 0 Å². The van der Waals surface area contributed by atoms with Gasteiger partial charge in [-0.15, -0.1) is 11.6 Å². The van der Waals surface area contributed by atoms with E-state index in [-0.39, 0.29) is 71.0 Å². The number of halogens is 3. The van der Waals surface area contributed by atoms with E-state index in [1.807, 2.05) is 14.0 Å². The molecule has 2 saturated carbocycles. The van der Waals surface area contributed by atoms with Crippen LogP contribution >= 0.6 is 23.4 Å². The Labute approximate surface area is 268 Å². The van der Waals surface area contributed by atoms with Crippen LogP contribution in [0.1, 0.15) is 69.0 Å². The number of rotatable bonds is 9. The van der Waals surface area contributed by atoms with Gasteiger partial charge in [-0.3, -0.25) is 14.2 Å². The van der Waals surface area contributed by atoms with Crippen LogP contribution in [0.4, 0.5) is 8.78 Å². The van der Waals surface area contributed by atoms with Gasteiger partial charge in [-0.05, 0) is 83.6 Å². The van der Waals surface area contributed by atoms with E-state index in [1.165, 1.54) is 0 Å². The van der Waals surface area contributed by atoms with Gasteiger partial charge in [0.1, 0.15) is 5.82 Å². The second-order valence-electron chi connectivity index (χ2n) is 14.2. The average molecular weight is 657 g/mol. The van der Waals surface area contributed by atoms with E-state index >= 15 is 0 Å². The number of likely N-dealkylation sites (N-methyl/N-ethyl adjacent to an activating group) is 1. The smallest absolute Gasteiger partial charge is 0.308 e. The summed E-state index contributed by atoms with van der Waals surface area (Å²) in [4.78, 5) is 32.7. The number of carbonyl (C=O) groups is 1. The third kappa shape index (κ3) is 6.73. The number of carboxylic acids is 1. The SMILES string of the molecule is Cc1nc2c(c(=O)n1CCOC1CCC(Cl)CC1C1CC(C)NC3C(C(=O)O)CSC13)C[C@H](N(C)CC1CC(F)(F)C1)CC2. The molecule has 3 heterocycles. The van der Waals surface area contributed by atoms with Crippen LogP contribution in [0.5, 0.6) is 0 Å². The van der Waals surface area contributed by atoms with Crippen LogP contribution in [0.15, 0.2) is 4.79 Å². The summed E-state index contributed by atoms with van der Waals surface area (Å²) in [6, 6.07) is 0.344. The van der Waals surface area contributed by atoms with Crippen LogP contribution in [0, 0.1) is 30.6 Å². The number of aliphatic carboxylic acids is 1. The second kappa shape index (κ2) is 13.1. The molecule has 1 aromatic rings. The summed E-state index contributed by atoms with van der Waals surface area (Å²) >= 11 is 8.50.